The Bertz CT molecular complexity index is 476. The fourth-order valence-corrected chi connectivity index (χ4v) is 3.20. The van der Waals surface area contributed by atoms with Crippen molar-refractivity contribution in [2.75, 3.05) is 5.75 Å². The summed E-state index contributed by atoms with van der Waals surface area (Å²) >= 11 is 3.15. The minimum atomic E-state index is -0.750. The summed E-state index contributed by atoms with van der Waals surface area (Å²) in [6, 6.07) is 8.21. The van der Waals surface area contributed by atoms with E-state index >= 15 is 0 Å². The number of hydrogen-bond acceptors (Lipinski definition) is 3. The first-order chi connectivity index (χ1) is 7.27. The van der Waals surface area contributed by atoms with Crippen LogP contribution in [-0.2, 0) is 10.5 Å². The Morgan fingerprint density at radius 3 is 3.00 bits per heavy atom. The van der Waals surface area contributed by atoms with Crippen molar-refractivity contribution in [2.24, 2.45) is 0 Å². The second-order valence-electron chi connectivity index (χ2n) is 3.14. The summed E-state index contributed by atoms with van der Waals surface area (Å²) in [5.41, 5.74) is 1.24. The van der Waals surface area contributed by atoms with Gasteiger partial charge in [-0.15, -0.1) is 23.1 Å². The van der Waals surface area contributed by atoms with Gasteiger partial charge in [-0.05, 0) is 22.4 Å². The van der Waals surface area contributed by atoms with Gasteiger partial charge in [0, 0.05) is 10.5 Å². The number of hydrogen-bond donors (Lipinski definition) is 1. The van der Waals surface area contributed by atoms with E-state index in [1.165, 1.54) is 27.4 Å². The van der Waals surface area contributed by atoms with Crippen LogP contribution in [0, 0.1) is 0 Å². The number of thioether (sulfide) groups is 1. The summed E-state index contributed by atoms with van der Waals surface area (Å²) in [5, 5.41) is 11.9. The second kappa shape index (κ2) is 4.68. The van der Waals surface area contributed by atoms with E-state index in [0.717, 1.165) is 5.75 Å². The van der Waals surface area contributed by atoms with Crippen molar-refractivity contribution >= 4 is 39.2 Å². The molecule has 78 valence electrons. The molecule has 0 saturated heterocycles. The maximum atomic E-state index is 10.4. The van der Waals surface area contributed by atoms with Gasteiger partial charge in [-0.3, -0.25) is 4.79 Å². The third-order valence-electron chi connectivity index (χ3n) is 2.04. The Morgan fingerprint density at radius 2 is 2.20 bits per heavy atom. The van der Waals surface area contributed by atoms with Crippen LogP contribution in [0.15, 0.2) is 29.6 Å². The first kappa shape index (κ1) is 10.5. The number of benzene rings is 1. The Balaban J connectivity index is 2.11. The van der Waals surface area contributed by atoms with Crippen molar-refractivity contribution < 1.29 is 9.90 Å². The van der Waals surface area contributed by atoms with Crippen LogP contribution in [-0.4, -0.2) is 16.8 Å². The van der Waals surface area contributed by atoms with Gasteiger partial charge >= 0.3 is 5.97 Å². The molecule has 2 rings (SSSR count). The van der Waals surface area contributed by atoms with E-state index in [1.807, 2.05) is 12.1 Å². The smallest absolute Gasteiger partial charge is 0.313 e. The fourth-order valence-electron chi connectivity index (χ4n) is 1.39. The van der Waals surface area contributed by atoms with Crippen molar-refractivity contribution in [1.82, 2.24) is 0 Å². The molecule has 1 N–H and O–H groups in total. The third kappa shape index (κ3) is 2.52. The third-order valence-corrected chi connectivity index (χ3v) is 4.02. The predicted molar refractivity (Wildman–Crippen MR) is 65.6 cm³/mol. The van der Waals surface area contributed by atoms with Crippen LogP contribution in [0.1, 0.15) is 5.56 Å². The van der Waals surface area contributed by atoms with Crippen LogP contribution >= 0.6 is 23.1 Å². The number of thiophene rings is 1. The number of aliphatic carboxylic acids is 1. The molecule has 0 unspecified atom stereocenters. The van der Waals surface area contributed by atoms with E-state index in [9.17, 15) is 4.79 Å². The van der Waals surface area contributed by atoms with Crippen LogP contribution < -0.4 is 0 Å². The molecule has 4 heteroatoms. The highest BCUT2D eigenvalue weighted by Gasteiger charge is 2.04. The monoisotopic (exact) mass is 238 g/mol. The molecule has 0 aliphatic heterocycles. The second-order valence-corrected chi connectivity index (χ2v) is 5.04. The molecule has 0 atom stereocenters. The number of carbonyl (C=O) groups is 1. The van der Waals surface area contributed by atoms with E-state index < -0.39 is 5.97 Å². The summed E-state index contributed by atoms with van der Waals surface area (Å²) < 4.78 is 1.27. The summed E-state index contributed by atoms with van der Waals surface area (Å²) in [6.45, 7) is 0. The standard InChI is InChI=1S/C11H10O2S2/c12-11(13)7-14-5-8-6-15-10-4-2-1-3-9(8)10/h1-4,6H,5,7H2,(H,12,13). The average molecular weight is 238 g/mol. The maximum Gasteiger partial charge on any atom is 0.313 e. The van der Waals surface area contributed by atoms with Crippen LogP contribution in [0.2, 0.25) is 0 Å². The SMILES string of the molecule is O=C(O)CSCc1csc2ccccc12. The molecule has 1 heterocycles. The van der Waals surface area contributed by atoms with E-state index in [0.29, 0.717) is 0 Å². The molecule has 15 heavy (non-hydrogen) atoms. The quantitative estimate of drug-likeness (QED) is 0.888. The number of rotatable bonds is 4. The van der Waals surface area contributed by atoms with Crippen LogP contribution in [0.25, 0.3) is 10.1 Å². The molecule has 0 radical (unpaired) electrons. The van der Waals surface area contributed by atoms with Gasteiger partial charge in [0.15, 0.2) is 0 Å². The number of fused-ring (bicyclic) bond motifs is 1. The highest BCUT2D eigenvalue weighted by molar-refractivity contribution is 7.99. The van der Waals surface area contributed by atoms with Gasteiger partial charge in [0.25, 0.3) is 0 Å². The van der Waals surface area contributed by atoms with Gasteiger partial charge < -0.3 is 5.11 Å². The Morgan fingerprint density at radius 1 is 1.40 bits per heavy atom. The van der Waals surface area contributed by atoms with Crippen molar-refractivity contribution in [2.45, 2.75) is 5.75 Å². The molecule has 2 nitrogen and oxygen atoms in total. The molecule has 0 saturated carbocycles. The zero-order chi connectivity index (χ0) is 10.7. The zero-order valence-corrected chi connectivity index (χ0v) is 9.61. The topological polar surface area (TPSA) is 37.3 Å². The molecular weight excluding hydrogens is 228 g/mol. The number of carboxylic acids is 1. The Kier molecular flexibility index (Phi) is 3.28. The summed E-state index contributed by atoms with van der Waals surface area (Å²) in [4.78, 5) is 10.4. The van der Waals surface area contributed by atoms with Crippen LogP contribution in [0.5, 0.6) is 0 Å². The van der Waals surface area contributed by atoms with Gasteiger partial charge in [0.1, 0.15) is 0 Å². The summed E-state index contributed by atoms with van der Waals surface area (Å²) in [6.07, 6.45) is 0. The van der Waals surface area contributed by atoms with Crippen LogP contribution in [0.3, 0.4) is 0 Å². The van der Waals surface area contributed by atoms with E-state index in [1.54, 1.807) is 11.3 Å². The summed E-state index contributed by atoms with van der Waals surface area (Å²) in [7, 11) is 0. The molecule has 0 amide bonds. The van der Waals surface area contributed by atoms with Gasteiger partial charge in [0.2, 0.25) is 0 Å². The first-order valence-electron chi connectivity index (χ1n) is 4.52. The molecule has 0 aliphatic carbocycles. The lowest BCUT2D eigenvalue weighted by Crippen LogP contribution is -1.97. The van der Waals surface area contributed by atoms with Gasteiger partial charge in [0.05, 0.1) is 5.75 Å². The lowest BCUT2D eigenvalue weighted by Gasteiger charge is -1.97. The Hall–Kier alpha value is -1.00. The van der Waals surface area contributed by atoms with E-state index in [-0.39, 0.29) is 5.75 Å². The van der Waals surface area contributed by atoms with Crippen LogP contribution in [0.4, 0.5) is 0 Å². The van der Waals surface area contributed by atoms with Gasteiger partial charge in [-0.2, -0.15) is 0 Å². The zero-order valence-electron chi connectivity index (χ0n) is 7.97. The highest BCUT2D eigenvalue weighted by Crippen LogP contribution is 2.28. The molecule has 2 aromatic rings. The van der Waals surface area contributed by atoms with Gasteiger partial charge in [-0.1, -0.05) is 18.2 Å². The molecule has 0 bridgehead atoms. The van der Waals surface area contributed by atoms with Crippen molar-refractivity contribution in [3.05, 3.63) is 35.2 Å². The highest BCUT2D eigenvalue weighted by atomic mass is 32.2. The molecule has 1 aromatic heterocycles. The largest absolute Gasteiger partial charge is 0.481 e. The molecule has 1 aromatic carbocycles. The number of carboxylic acid groups (broad SMARTS) is 1. The minimum Gasteiger partial charge on any atom is -0.481 e. The van der Waals surface area contributed by atoms with Crippen molar-refractivity contribution in [1.29, 1.82) is 0 Å². The fraction of sp³-hybridized carbons (Fsp3) is 0.182. The predicted octanol–water partition coefficient (Wildman–Crippen LogP) is 3.22. The molecular formula is C11H10O2S2. The van der Waals surface area contributed by atoms with Crippen molar-refractivity contribution in [3.63, 3.8) is 0 Å². The minimum absolute atomic E-state index is 0.171. The lowest BCUT2D eigenvalue weighted by molar-refractivity contribution is -0.133. The average Bonchev–Trinajstić information content (AvgIpc) is 2.62. The molecule has 0 spiro atoms. The lowest BCUT2D eigenvalue weighted by atomic mass is 10.2. The molecule has 0 aliphatic rings. The van der Waals surface area contributed by atoms with Crippen molar-refractivity contribution in [3.8, 4) is 0 Å². The van der Waals surface area contributed by atoms with Gasteiger partial charge in [-0.25, -0.2) is 0 Å². The molecule has 0 fully saturated rings. The first-order valence-corrected chi connectivity index (χ1v) is 6.55. The van der Waals surface area contributed by atoms with E-state index in [4.69, 9.17) is 5.11 Å². The summed E-state index contributed by atoms with van der Waals surface area (Å²) in [5.74, 6) is 0.194. The maximum absolute atomic E-state index is 10.4. The van der Waals surface area contributed by atoms with E-state index in [2.05, 4.69) is 17.5 Å². The Labute approximate surface area is 95.9 Å². The normalized spacial score (nSPS) is 10.7.